The number of nitrogen functional groups attached to an aromatic ring is 1. The molecule has 0 heterocycles. The summed E-state index contributed by atoms with van der Waals surface area (Å²) < 4.78 is 5.42. The summed E-state index contributed by atoms with van der Waals surface area (Å²) in [6.07, 6.45) is 0.457. The number of carbonyl (C=O) groups excluding carboxylic acids is 1. The normalized spacial score (nSPS) is 12.2. The minimum atomic E-state index is -0.489. The zero-order chi connectivity index (χ0) is 15.0. The predicted molar refractivity (Wildman–Crippen MR) is 79.4 cm³/mol. The van der Waals surface area contributed by atoms with E-state index in [1.54, 1.807) is 24.3 Å². The van der Waals surface area contributed by atoms with Crippen molar-refractivity contribution in [1.29, 1.82) is 0 Å². The summed E-state index contributed by atoms with van der Waals surface area (Å²) in [5.41, 5.74) is 6.24. The molecule has 0 aliphatic rings. The molecule has 0 radical (unpaired) electrons. The second-order valence-electron chi connectivity index (χ2n) is 5.25. The van der Waals surface area contributed by atoms with Gasteiger partial charge in [0.2, 0.25) is 5.91 Å². The van der Waals surface area contributed by atoms with Crippen molar-refractivity contribution in [2.24, 2.45) is 5.92 Å². The van der Waals surface area contributed by atoms with E-state index in [2.05, 4.69) is 5.32 Å². The smallest absolute Gasteiger partial charge is 0.223 e. The molecule has 1 aromatic carbocycles. The second kappa shape index (κ2) is 8.43. The first kappa shape index (κ1) is 16.3. The molecule has 1 atom stereocenters. The molecule has 112 valence electrons. The van der Waals surface area contributed by atoms with Crippen LogP contribution < -0.4 is 15.8 Å². The van der Waals surface area contributed by atoms with Crippen LogP contribution in [0.15, 0.2) is 24.3 Å². The van der Waals surface area contributed by atoms with Crippen LogP contribution in [0.3, 0.4) is 0 Å². The Morgan fingerprint density at radius 2 is 2.00 bits per heavy atom. The number of amides is 1. The van der Waals surface area contributed by atoms with Crippen LogP contribution in [0.25, 0.3) is 0 Å². The van der Waals surface area contributed by atoms with Crippen molar-refractivity contribution in [3.8, 4) is 5.75 Å². The molecule has 0 fully saturated rings. The van der Waals surface area contributed by atoms with Gasteiger partial charge in [-0.3, -0.25) is 4.79 Å². The zero-order valence-electron chi connectivity index (χ0n) is 12.1. The molecule has 5 nitrogen and oxygen atoms in total. The monoisotopic (exact) mass is 280 g/mol. The van der Waals surface area contributed by atoms with E-state index in [9.17, 15) is 9.90 Å². The molecule has 20 heavy (non-hydrogen) atoms. The van der Waals surface area contributed by atoms with Crippen molar-refractivity contribution in [2.75, 3.05) is 18.9 Å². The van der Waals surface area contributed by atoms with E-state index in [1.165, 1.54) is 0 Å². The van der Waals surface area contributed by atoms with E-state index < -0.39 is 6.10 Å². The van der Waals surface area contributed by atoms with Gasteiger partial charge in [0, 0.05) is 12.2 Å². The fourth-order valence-electron chi connectivity index (χ4n) is 1.77. The Bertz CT molecular complexity index is 404. The molecule has 1 aromatic rings. The average Bonchev–Trinajstić information content (AvgIpc) is 2.38. The largest absolute Gasteiger partial charge is 0.493 e. The Morgan fingerprint density at radius 3 is 2.60 bits per heavy atom. The van der Waals surface area contributed by atoms with E-state index in [0.29, 0.717) is 36.9 Å². The maximum absolute atomic E-state index is 11.6. The van der Waals surface area contributed by atoms with E-state index in [0.717, 1.165) is 0 Å². The molecule has 1 amide bonds. The summed E-state index contributed by atoms with van der Waals surface area (Å²) in [7, 11) is 0. The quantitative estimate of drug-likeness (QED) is 0.631. The molecule has 0 saturated carbocycles. The van der Waals surface area contributed by atoms with Crippen LogP contribution in [0.5, 0.6) is 5.75 Å². The number of nitrogens with one attached hydrogen (secondary N) is 1. The van der Waals surface area contributed by atoms with Crippen LogP contribution in [-0.2, 0) is 4.79 Å². The van der Waals surface area contributed by atoms with Crippen molar-refractivity contribution in [3.63, 3.8) is 0 Å². The minimum Gasteiger partial charge on any atom is -0.493 e. The van der Waals surface area contributed by atoms with Crippen LogP contribution in [0.4, 0.5) is 5.69 Å². The van der Waals surface area contributed by atoms with Crippen molar-refractivity contribution in [2.45, 2.75) is 32.8 Å². The maximum atomic E-state index is 11.6. The lowest BCUT2D eigenvalue weighted by Gasteiger charge is -2.14. The summed E-state index contributed by atoms with van der Waals surface area (Å²) in [5.74, 6) is 0.978. The summed E-state index contributed by atoms with van der Waals surface area (Å²) in [6, 6.07) is 7.02. The van der Waals surface area contributed by atoms with Crippen LogP contribution in [0.2, 0.25) is 0 Å². The molecule has 0 aromatic heterocycles. The van der Waals surface area contributed by atoms with Gasteiger partial charge in [0.1, 0.15) is 5.75 Å². The highest BCUT2D eigenvalue weighted by atomic mass is 16.5. The lowest BCUT2D eigenvalue weighted by Crippen LogP contribution is -2.33. The van der Waals surface area contributed by atoms with Gasteiger partial charge in [0.15, 0.2) is 0 Å². The standard InChI is InChI=1S/C15H24N2O3/c1-11(2)9-13(18)10-17-15(19)7-8-20-14-5-3-12(16)4-6-14/h3-6,11,13,18H,7-10,16H2,1-2H3,(H,17,19). The third-order valence-corrected chi connectivity index (χ3v) is 2.76. The van der Waals surface area contributed by atoms with Gasteiger partial charge in [-0.1, -0.05) is 13.8 Å². The molecular weight excluding hydrogens is 256 g/mol. The summed E-state index contributed by atoms with van der Waals surface area (Å²) >= 11 is 0. The van der Waals surface area contributed by atoms with Crippen molar-refractivity contribution < 1.29 is 14.6 Å². The third kappa shape index (κ3) is 6.99. The average molecular weight is 280 g/mol. The first-order valence-electron chi connectivity index (χ1n) is 6.90. The van der Waals surface area contributed by atoms with Gasteiger partial charge in [-0.2, -0.15) is 0 Å². The van der Waals surface area contributed by atoms with Crippen molar-refractivity contribution in [3.05, 3.63) is 24.3 Å². The number of hydrogen-bond acceptors (Lipinski definition) is 4. The van der Waals surface area contributed by atoms with E-state index in [4.69, 9.17) is 10.5 Å². The van der Waals surface area contributed by atoms with E-state index in [-0.39, 0.29) is 12.3 Å². The van der Waals surface area contributed by atoms with E-state index in [1.807, 2.05) is 13.8 Å². The molecule has 0 aliphatic carbocycles. The number of nitrogens with two attached hydrogens (primary N) is 1. The molecule has 0 spiro atoms. The minimum absolute atomic E-state index is 0.122. The number of anilines is 1. The Kier molecular flexibility index (Phi) is 6.87. The summed E-state index contributed by atoms with van der Waals surface area (Å²) in [5, 5.41) is 12.3. The van der Waals surface area contributed by atoms with Gasteiger partial charge in [0.25, 0.3) is 0 Å². The SMILES string of the molecule is CC(C)CC(O)CNC(=O)CCOc1ccc(N)cc1. The van der Waals surface area contributed by atoms with Crippen LogP contribution in [0.1, 0.15) is 26.7 Å². The topological polar surface area (TPSA) is 84.6 Å². The molecule has 4 N–H and O–H groups in total. The molecule has 5 heteroatoms. The Morgan fingerprint density at radius 1 is 1.35 bits per heavy atom. The van der Waals surface area contributed by atoms with Crippen LogP contribution in [0, 0.1) is 5.92 Å². The third-order valence-electron chi connectivity index (χ3n) is 2.76. The van der Waals surface area contributed by atoms with Crippen molar-refractivity contribution in [1.82, 2.24) is 5.32 Å². The number of aliphatic hydroxyl groups is 1. The fourth-order valence-corrected chi connectivity index (χ4v) is 1.77. The lowest BCUT2D eigenvalue weighted by molar-refractivity contribution is -0.122. The fraction of sp³-hybridized carbons (Fsp3) is 0.533. The van der Waals surface area contributed by atoms with Gasteiger partial charge >= 0.3 is 0 Å². The molecule has 1 unspecified atom stereocenters. The number of hydrogen-bond donors (Lipinski definition) is 3. The van der Waals surface area contributed by atoms with Gasteiger partial charge in [-0.15, -0.1) is 0 Å². The van der Waals surface area contributed by atoms with Gasteiger partial charge in [0.05, 0.1) is 19.1 Å². The Hall–Kier alpha value is -1.75. The molecular formula is C15H24N2O3. The van der Waals surface area contributed by atoms with Crippen LogP contribution in [-0.4, -0.2) is 30.3 Å². The van der Waals surface area contributed by atoms with Gasteiger partial charge in [-0.05, 0) is 36.6 Å². The highest BCUT2D eigenvalue weighted by Crippen LogP contribution is 2.13. The number of benzene rings is 1. The molecule has 0 bridgehead atoms. The van der Waals surface area contributed by atoms with Crippen LogP contribution >= 0.6 is 0 Å². The molecule has 0 saturated heterocycles. The van der Waals surface area contributed by atoms with E-state index >= 15 is 0 Å². The highest BCUT2D eigenvalue weighted by Gasteiger charge is 2.09. The zero-order valence-corrected chi connectivity index (χ0v) is 12.1. The molecule has 0 aliphatic heterocycles. The molecule has 1 rings (SSSR count). The lowest BCUT2D eigenvalue weighted by atomic mass is 10.1. The summed E-state index contributed by atoms with van der Waals surface area (Å²) in [6.45, 7) is 4.66. The summed E-state index contributed by atoms with van der Waals surface area (Å²) in [4.78, 5) is 11.6. The first-order chi connectivity index (χ1) is 9.47. The van der Waals surface area contributed by atoms with Gasteiger partial charge < -0.3 is 20.9 Å². The number of rotatable bonds is 8. The van der Waals surface area contributed by atoms with Gasteiger partial charge in [-0.25, -0.2) is 0 Å². The Labute approximate surface area is 120 Å². The first-order valence-corrected chi connectivity index (χ1v) is 6.90. The number of aliphatic hydroxyl groups excluding tert-OH is 1. The Balaban J connectivity index is 2.15. The maximum Gasteiger partial charge on any atom is 0.223 e. The van der Waals surface area contributed by atoms with Crippen molar-refractivity contribution >= 4 is 11.6 Å². The second-order valence-corrected chi connectivity index (χ2v) is 5.25. The number of carbonyl (C=O) groups is 1. The highest BCUT2D eigenvalue weighted by molar-refractivity contribution is 5.76. The predicted octanol–water partition coefficient (Wildman–Crippen LogP) is 1.56. The number of ether oxygens (including phenoxy) is 1.